The van der Waals surface area contributed by atoms with Gasteiger partial charge in [0.05, 0.1) is 17.3 Å². The number of rotatable bonds is 7. The second kappa shape index (κ2) is 11.4. The summed E-state index contributed by atoms with van der Waals surface area (Å²) in [6, 6.07) is 15.6. The minimum atomic E-state index is -3.52. The summed E-state index contributed by atoms with van der Waals surface area (Å²) in [4.78, 5) is 20.2. The summed E-state index contributed by atoms with van der Waals surface area (Å²) in [5.41, 5.74) is 4.90. The first-order chi connectivity index (χ1) is 18.2. The van der Waals surface area contributed by atoms with Crippen LogP contribution in [0.3, 0.4) is 0 Å². The minimum Gasteiger partial charge on any atom is -0.383 e. The number of nitrogens with zero attached hydrogens (tertiary/aromatic N) is 2. The summed E-state index contributed by atoms with van der Waals surface area (Å²) in [7, 11) is -3.52. The lowest BCUT2D eigenvalue weighted by atomic mass is 9.84. The number of aromatic nitrogens is 1. The predicted molar refractivity (Wildman–Crippen MR) is 150 cm³/mol. The van der Waals surface area contributed by atoms with Crippen LogP contribution in [0.4, 0.5) is 0 Å². The molecule has 1 fully saturated rings. The first-order valence-corrected chi connectivity index (χ1v) is 15.5. The molecule has 0 unspecified atom stereocenters. The third-order valence-corrected chi connectivity index (χ3v) is 8.44. The highest BCUT2D eigenvalue weighted by Gasteiger charge is 2.24. The van der Waals surface area contributed by atoms with Crippen LogP contribution in [0.15, 0.2) is 48.5 Å². The lowest BCUT2D eigenvalue weighted by molar-refractivity contribution is 0.0921. The SMILES string of the molecule is Cc1cc(C(=O)NC2CCC(CCN3CCc4ccc(OS(C)(=O)=O)cc4CC3)CC2)c2ccccc2n1. The Morgan fingerprint density at radius 2 is 1.76 bits per heavy atom. The first-order valence-electron chi connectivity index (χ1n) is 13.6. The van der Waals surface area contributed by atoms with Gasteiger partial charge in [-0.25, -0.2) is 0 Å². The van der Waals surface area contributed by atoms with Gasteiger partial charge in [0, 0.05) is 30.2 Å². The second-order valence-corrected chi connectivity index (χ2v) is 12.4. The van der Waals surface area contributed by atoms with E-state index in [1.54, 1.807) is 6.07 Å². The third kappa shape index (κ3) is 6.72. The van der Waals surface area contributed by atoms with Gasteiger partial charge in [-0.05, 0) is 99.7 Å². The maximum atomic E-state index is 13.1. The van der Waals surface area contributed by atoms with E-state index in [0.29, 0.717) is 17.2 Å². The highest BCUT2D eigenvalue weighted by Crippen LogP contribution is 2.29. The molecule has 3 aromatic rings. The number of carbonyl (C=O) groups is 1. The Hall–Kier alpha value is -2.97. The molecule has 1 aromatic heterocycles. The largest absolute Gasteiger partial charge is 0.383 e. The summed E-state index contributed by atoms with van der Waals surface area (Å²) in [5.74, 6) is 1.09. The van der Waals surface area contributed by atoms with E-state index >= 15 is 0 Å². The Bertz CT molecular complexity index is 1410. The molecule has 0 radical (unpaired) electrons. The Morgan fingerprint density at radius 1 is 1.03 bits per heavy atom. The molecule has 7 nitrogen and oxygen atoms in total. The topological polar surface area (TPSA) is 88.6 Å². The van der Waals surface area contributed by atoms with Crippen molar-refractivity contribution in [1.29, 1.82) is 0 Å². The van der Waals surface area contributed by atoms with Gasteiger partial charge in [0.1, 0.15) is 5.75 Å². The zero-order valence-corrected chi connectivity index (χ0v) is 23.1. The zero-order valence-electron chi connectivity index (χ0n) is 22.3. The molecule has 5 rings (SSSR count). The molecule has 0 spiro atoms. The number of benzene rings is 2. The molecule has 2 aromatic carbocycles. The fourth-order valence-corrected chi connectivity index (χ4v) is 6.37. The van der Waals surface area contributed by atoms with E-state index in [-0.39, 0.29) is 11.9 Å². The van der Waals surface area contributed by atoms with E-state index in [4.69, 9.17) is 4.18 Å². The van der Waals surface area contributed by atoms with Crippen LogP contribution in [-0.2, 0) is 23.0 Å². The number of aryl methyl sites for hydroxylation is 1. The number of pyridine rings is 1. The fraction of sp³-hybridized carbons (Fsp3) is 0.467. The molecule has 1 N–H and O–H groups in total. The Labute approximate surface area is 225 Å². The van der Waals surface area contributed by atoms with Gasteiger partial charge >= 0.3 is 10.1 Å². The van der Waals surface area contributed by atoms with Gasteiger partial charge in [-0.1, -0.05) is 24.3 Å². The molecular formula is C30H37N3O4S. The van der Waals surface area contributed by atoms with E-state index in [1.807, 2.05) is 49.4 Å². The zero-order chi connectivity index (χ0) is 26.7. The summed E-state index contributed by atoms with van der Waals surface area (Å²) >= 11 is 0. The van der Waals surface area contributed by atoms with Crippen molar-refractivity contribution in [3.05, 3.63) is 70.9 Å². The van der Waals surface area contributed by atoms with Crippen molar-refractivity contribution in [2.75, 3.05) is 25.9 Å². The molecule has 1 amide bonds. The summed E-state index contributed by atoms with van der Waals surface area (Å²) in [5, 5.41) is 4.20. The van der Waals surface area contributed by atoms with Crippen LogP contribution < -0.4 is 9.50 Å². The Morgan fingerprint density at radius 3 is 2.53 bits per heavy atom. The molecular weight excluding hydrogens is 498 g/mol. The van der Waals surface area contributed by atoms with Crippen molar-refractivity contribution < 1.29 is 17.4 Å². The molecule has 1 aliphatic heterocycles. The van der Waals surface area contributed by atoms with Crippen molar-refractivity contribution >= 4 is 26.9 Å². The summed E-state index contributed by atoms with van der Waals surface area (Å²) < 4.78 is 28.0. The van der Waals surface area contributed by atoms with Gasteiger partial charge in [0.25, 0.3) is 5.91 Å². The van der Waals surface area contributed by atoms with E-state index < -0.39 is 10.1 Å². The van der Waals surface area contributed by atoms with Crippen LogP contribution in [0, 0.1) is 12.8 Å². The predicted octanol–water partition coefficient (Wildman–Crippen LogP) is 4.66. The molecule has 202 valence electrons. The number of fused-ring (bicyclic) bond motifs is 2. The number of para-hydroxylation sites is 1. The molecule has 0 atom stereocenters. The van der Waals surface area contributed by atoms with E-state index in [1.165, 1.54) is 17.5 Å². The number of carbonyl (C=O) groups excluding carboxylic acids is 1. The van der Waals surface area contributed by atoms with Crippen molar-refractivity contribution in [1.82, 2.24) is 15.2 Å². The van der Waals surface area contributed by atoms with Crippen molar-refractivity contribution in [3.63, 3.8) is 0 Å². The third-order valence-electron chi connectivity index (χ3n) is 7.94. The molecule has 1 aliphatic carbocycles. The highest BCUT2D eigenvalue weighted by atomic mass is 32.2. The average molecular weight is 536 g/mol. The van der Waals surface area contributed by atoms with Crippen LogP contribution in [0.1, 0.15) is 59.3 Å². The monoisotopic (exact) mass is 535 g/mol. The summed E-state index contributed by atoms with van der Waals surface area (Å²) in [6.07, 6.45) is 8.44. The number of nitrogens with one attached hydrogen (secondary N) is 1. The van der Waals surface area contributed by atoms with Gasteiger partial charge in [0.15, 0.2) is 0 Å². The van der Waals surface area contributed by atoms with Crippen LogP contribution in [0.2, 0.25) is 0 Å². The van der Waals surface area contributed by atoms with Crippen molar-refractivity contribution in [3.8, 4) is 5.75 Å². The van der Waals surface area contributed by atoms with E-state index in [0.717, 1.165) is 81.0 Å². The van der Waals surface area contributed by atoms with Gasteiger partial charge in [-0.3, -0.25) is 9.78 Å². The van der Waals surface area contributed by atoms with Crippen molar-refractivity contribution in [2.45, 2.75) is 57.9 Å². The number of amides is 1. The second-order valence-electron chi connectivity index (χ2n) is 10.9. The normalized spacial score (nSPS) is 20.5. The average Bonchev–Trinajstić information content (AvgIpc) is 3.08. The van der Waals surface area contributed by atoms with Crippen LogP contribution >= 0.6 is 0 Å². The van der Waals surface area contributed by atoms with Crippen LogP contribution in [-0.4, -0.2) is 56.1 Å². The van der Waals surface area contributed by atoms with Gasteiger partial charge in [0.2, 0.25) is 0 Å². The van der Waals surface area contributed by atoms with Gasteiger partial charge in [-0.2, -0.15) is 8.42 Å². The molecule has 0 saturated heterocycles. The lowest BCUT2D eigenvalue weighted by Gasteiger charge is -2.31. The quantitative estimate of drug-likeness (QED) is 0.443. The fourth-order valence-electron chi connectivity index (χ4n) is 5.92. The van der Waals surface area contributed by atoms with Crippen LogP contribution in [0.5, 0.6) is 5.75 Å². The van der Waals surface area contributed by atoms with E-state index in [9.17, 15) is 13.2 Å². The molecule has 0 bridgehead atoms. The highest BCUT2D eigenvalue weighted by molar-refractivity contribution is 7.86. The van der Waals surface area contributed by atoms with Gasteiger partial charge < -0.3 is 14.4 Å². The summed E-state index contributed by atoms with van der Waals surface area (Å²) in [6.45, 7) is 5.00. The minimum absolute atomic E-state index is 0.00405. The molecule has 2 aliphatic rings. The first kappa shape index (κ1) is 26.6. The number of hydrogen-bond acceptors (Lipinski definition) is 6. The lowest BCUT2D eigenvalue weighted by Crippen LogP contribution is -2.38. The van der Waals surface area contributed by atoms with Gasteiger partial charge in [-0.15, -0.1) is 0 Å². The molecule has 38 heavy (non-hydrogen) atoms. The van der Waals surface area contributed by atoms with Crippen LogP contribution in [0.25, 0.3) is 10.9 Å². The molecule has 8 heteroatoms. The maximum Gasteiger partial charge on any atom is 0.306 e. The standard InChI is InChI=1S/C30H37N3O4S/c1-21-19-28(27-5-3-4-6-29(27)31-21)30(34)32-25-10-7-22(8-11-25)13-16-33-17-14-23-9-12-26(37-38(2,35)36)20-24(23)15-18-33/h3-6,9,12,19-20,22,25H,7-8,10-11,13-18H2,1-2H3,(H,32,34). The number of hydrogen-bond donors (Lipinski definition) is 1. The smallest absolute Gasteiger partial charge is 0.306 e. The maximum absolute atomic E-state index is 13.1. The Kier molecular flexibility index (Phi) is 8.00. The van der Waals surface area contributed by atoms with E-state index in [2.05, 4.69) is 15.2 Å². The van der Waals surface area contributed by atoms with Crippen molar-refractivity contribution in [2.24, 2.45) is 5.92 Å². The molecule has 1 saturated carbocycles. The molecule has 2 heterocycles. The Balaban J connectivity index is 1.09.